The van der Waals surface area contributed by atoms with Crippen LogP contribution >= 0.6 is 0 Å². The van der Waals surface area contributed by atoms with E-state index < -0.39 is 12.1 Å². The van der Waals surface area contributed by atoms with Gasteiger partial charge in [0.15, 0.2) is 0 Å². The molecule has 1 saturated heterocycles. The first-order valence-corrected chi connectivity index (χ1v) is 18.8. The number of ether oxygens (including phenoxy) is 4. The van der Waals surface area contributed by atoms with Crippen molar-refractivity contribution in [3.63, 3.8) is 0 Å². The van der Waals surface area contributed by atoms with Crippen molar-refractivity contribution in [1.82, 2.24) is 4.90 Å². The lowest BCUT2D eigenvalue weighted by Gasteiger charge is -2.56. The van der Waals surface area contributed by atoms with Crippen LogP contribution in [0.15, 0.2) is 0 Å². The summed E-state index contributed by atoms with van der Waals surface area (Å²) in [5.41, 5.74) is 0.109. The summed E-state index contributed by atoms with van der Waals surface area (Å²) in [6.45, 7) is 5.82. The molecule has 4 bridgehead atoms. The van der Waals surface area contributed by atoms with Gasteiger partial charge in [0.1, 0.15) is 19.8 Å². The molecule has 5 aliphatic rings. The minimum atomic E-state index is -0.724. The summed E-state index contributed by atoms with van der Waals surface area (Å²) in [4.78, 5) is 40.2. The molecule has 4 aliphatic carbocycles. The van der Waals surface area contributed by atoms with Crippen molar-refractivity contribution in [2.24, 2.45) is 29.1 Å². The number of esters is 2. The van der Waals surface area contributed by atoms with E-state index in [0.29, 0.717) is 19.4 Å². The van der Waals surface area contributed by atoms with E-state index in [1.54, 1.807) is 0 Å². The van der Waals surface area contributed by atoms with Gasteiger partial charge in [-0.15, -0.1) is 0 Å². The lowest BCUT2D eigenvalue weighted by atomic mass is 9.49. The minimum absolute atomic E-state index is 0.0128. The van der Waals surface area contributed by atoms with Gasteiger partial charge in [0.05, 0.1) is 18.9 Å². The molecule has 0 amide bonds. The second-order valence-electron chi connectivity index (χ2n) is 15.1. The molecule has 0 aromatic heterocycles. The highest BCUT2D eigenvalue weighted by Crippen LogP contribution is 2.61. The average molecular weight is 634 g/mol. The third kappa shape index (κ3) is 13.4. The lowest BCUT2D eigenvalue weighted by Crippen LogP contribution is -2.47. The third-order valence-electron chi connectivity index (χ3n) is 10.9. The first kappa shape index (κ1) is 36.0. The van der Waals surface area contributed by atoms with Gasteiger partial charge < -0.3 is 23.8 Å². The van der Waals surface area contributed by atoms with Crippen LogP contribution in [0.3, 0.4) is 0 Å². The fourth-order valence-corrected chi connectivity index (χ4v) is 8.94. The highest BCUT2D eigenvalue weighted by molar-refractivity contribution is 5.70. The predicted molar refractivity (Wildman–Crippen MR) is 175 cm³/mol. The molecule has 0 spiro atoms. The fourth-order valence-electron chi connectivity index (χ4n) is 8.94. The molecule has 1 atom stereocenters. The van der Waals surface area contributed by atoms with Gasteiger partial charge >= 0.3 is 18.1 Å². The van der Waals surface area contributed by atoms with E-state index in [0.717, 1.165) is 82.3 Å². The van der Waals surface area contributed by atoms with Crippen molar-refractivity contribution in [3.8, 4) is 0 Å². The van der Waals surface area contributed by atoms with Gasteiger partial charge in [-0.05, 0) is 100 Å². The Morgan fingerprint density at radius 1 is 0.667 bits per heavy atom. The molecular weight excluding hydrogens is 570 g/mol. The molecule has 5 fully saturated rings. The van der Waals surface area contributed by atoms with E-state index in [4.69, 9.17) is 18.9 Å². The van der Waals surface area contributed by atoms with E-state index in [2.05, 4.69) is 11.8 Å². The summed E-state index contributed by atoms with van der Waals surface area (Å²) >= 11 is 0. The SMILES string of the molecule is CCCCCCCCCCCCC(=O)OCC(COC(=O)CC12CC3CC(CC(C3)C1)C2)COC(=O)OCCCN1CCCC1. The van der Waals surface area contributed by atoms with Gasteiger partial charge in [0.2, 0.25) is 0 Å². The Hall–Kier alpha value is -1.83. The maximum atomic E-state index is 13.0. The molecule has 0 aromatic carbocycles. The molecule has 8 heteroatoms. The molecule has 1 unspecified atom stereocenters. The molecule has 258 valence electrons. The second kappa shape index (κ2) is 19.7. The Kier molecular flexibility index (Phi) is 15.8. The predicted octanol–water partition coefficient (Wildman–Crippen LogP) is 8.25. The van der Waals surface area contributed by atoms with Crippen LogP contribution in [-0.2, 0) is 28.5 Å². The largest absolute Gasteiger partial charge is 0.508 e. The second-order valence-corrected chi connectivity index (χ2v) is 15.1. The molecule has 1 heterocycles. The van der Waals surface area contributed by atoms with E-state index in [9.17, 15) is 14.4 Å². The van der Waals surface area contributed by atoms with Crippen LogP contribution in [0, 0.1) is 29.1 Å². The summed E-state index contributed by atoms with van der Waals surface area (Å²) in [7, 11) is 0. The summed E-state index contributed by atoms with van der Waals surface area (Å²) in [5, 5.41) is 0. The maximum absolute atomic E-state index is 13.0. The van der Waals surface area contributed by atoms with E-state index in [1.807, 2.05) is 0 Å². The van der Waals surface area contributed by atoms with Crippen LogP contribution in [0.2, 0.25) is 0 Å². The molecule has 45 heavy (non-hydrogen) atoms. The van der Waals surface area contributed by atoms with E-state index >= 15 is 0 Å². The van der Waals surface area contributed by atoms with Crippen LogP contribution in [0.1, 0.15) is 142 Å². The highest BCUT2D eigenvalue weighted by atomic mass is 16.7. The molecule has 0 radical (unpaired) electrons. The van der Waals surface area contributed by atoms with Gasteiger partial charge in [-0.3, -0.25) is 9.59 Å². The van der Waals surface area contributed by atoms with Crippen LogP contribution in [0.5, 0.6) is 0 Å². The summed E-state index contributed by atoms with van der Waals surface area (Å²) < 4.78 is 22.0. The van der Waals surface area contributed by atoms with Crippen molar-refractivity contribution in [3.05, 3.63) is 0 Å². The highest BCUT2D eigenvalue weighted by Gasteiger charge is 2.51. The van der Waals surface area contributed by atoms with Crippen LogP contribution in [-0.4, -0.2) is 69.1 Å². The number of likely N-dealkylation sites (tertiary alicyclic amines) is 1. The standard InChI is InChI=1S/C37H63NO7/c1-2-3-4-5-6-7-8-9-10-11-15-34(39)43-27-33(29-45-36(41)42-19-14-18-38-16-12-13-17-38)28-44-35(40)26-37-23-30-20-31(24-37)22-32(21-30)25-37/h30-33H,2-29H2,1H3. The number of carbonyl (C=O) groups excluding carboxylic acids is 3. The molecule has 5 rings (SSSR count). The molecular formula is C37H63NO7. The summed E-state index contributed by atoms with van der Waals surface area (Å²) in [6.07, 6.45) is 23.0. The number of hydrogen-bond donors (Lipinski definition) is 0. The first-order valence-electron chi connectivity index (χ1n) is 18.8. The summed E-state index contributed by atoms with van der Waals surface area (Å²) in [5.74, 6) is 1.50. The zero-order valence-corrected chi connectivity index (χ0v) is 28.4. The Morgan fingerprint density at radius 2 is 1.20 bits per heavy atom. The molecule has 1 aliphatic heterocycles. The van der Waals surface area contributed by atoms with E-state index in [-0.39, 0.29) is 37.2 Å². The Labute approximate surface area is 273 Å². The van der Waals surface area contributed by atoms with Gasteiger partial charge in [0, 0.05) is 13.0 Å². The molecule has 4 saturated carbocycles. The molecule has 0 aromatic rings. The van der Waals surface area contributed by atoms with Crippen LogP contribution in [0.4, 0.5) is 4.79 Å². The first-order chi connectivity index (χ1) is 21.9. The number of hydrogen-bond acceptors (Lipinski definition) is 8. The van der Waals surface area contributed by atoms with Crippen molar-refractivity contribution >= 4 is 18.1 Å². The van der Waals surface area contributed by atoms with Gasteiger partial charge in [-0.25, -0.2) is 4.79 Å². The smallest absolute Gasteiger partial charge is 0.465 e. The minimum Gasteiger partial charge on any atom is -0.465 e. The number of unbranched alkanes of at least 4 members (excludes halogenated alkanes) is 9. The number of rotatable bonds is 23. The van der Waals surface area contributed by atoms with Crippen molar-refractivity contribution < 1.29 is 33.3 Å². The zero-order valence-electron chi connectivity index (χ0n) is 28.4. The summed E-state index contributed by atoms with van der Waals surface area (Å²) in [6, 6.07) is 0. The third-order valence-corrected chi connectivity index (χ3v) is 10.9. The van der Waals surface area contributed by atoms with E-state index in [1.165, 1.54) is 77.0 Å². The topological polar surface area (TPSA) is 91.4 Å². The number of nitrogens with zero attached hydrogens (tertiary/aromatic N) is 1. The van der Waals surface area contributed by atoms with Gasteiger partial charge in [-0.2, -0.15) is 0 Å². The Morgan fingerprint density at radius 3 is 1.80 bits per heavy atom. The van der Waals surface area contributed by atoms with Crippen molar-refractivity contribution in [2.75, 3.05) is 46.1 Å². The van der Waals surface area contributed by atoms with Gasteiger partial charge in [-0.1, -0.05) is 64.7 Å². The van der Waals surface area contributed by atoms with Crippen molar-refractivity contribution in [2.45, 2.75) is 142 Å². The van der Waals surface area contributed by atoms with Crippen molar-refractivity contribution in [1.29, 1.82) is 0 Å². The zero-order chi connectivity index (χ0) is 31.7. The average Bonchev–Trinajstić information content (AvgIpc) is 3.52. The quantitative estimate of drug-likeness (QED) is 0.0631. The van der Waals surface area contributed by atoms with Gasteiger partial charge in [0.25, 0.3) is 0 Å². The lowest BCUT2D eigenvalue weighted by molar-refractivity contribution is -0.155. The van der Waals surface area contributed by atoms with Crippen LogP contribution in [0.25, 0.3) is 0 Å². The maximum Gasteiger partial charge on any atom is 0.508 e. The molecule has 8 nitrogen and oxygen atoms in total. The van der Waals surface area contributed by atoms with Crippen LogP contribution < -0.4 is 0 Å². The number of carbonyl (C=O) groups is 3. The monoisotopic (exact) mass is 633 g/mol. The Bertz CT molecular complexity index is 851. The Balaban J connectivity index is 1.13. The molecule has 0 N–H and O–H groups in total. The fraction of sp³-hybridized carbons (Fsp3) is 0.919. The normalized spacial score (nSPS) is 26.1.